The monoisotopic (exact) mass is 369 g/mol. The number of H-pyrrole nitrogens is 1. The van der Waals surface area contributed by atoms with Gasteiger partial charge in [0.25, 0.3) is 0 Å². The minimum absolute atomic E-state index is 0.195. The Bertz CT molecular complexity index is 1120. The van der Waals surface area contributed by atoms with Crippen LogP contribution < -0.4 is 0 Å². The highest BCUT2D eigenvalue weighted by atomic mass is 32.2. The maximum atomic E-state index is 11.6. The van der Waals surface area contributed by atoms with Crippen molar-refractivity contribution in [3.05, 3.63) is 54.1 Å². The van der Waals surface area contributed by atoms with Gasteiger partial charge in [0, 0.05) is 24.0 Å². The average Bonchev–Trinajstić information content (AvgIpc) is 3.04. The Morgan fingerprint density at radius 1 is 1.19 bits per heavy atom. The van der Waals surface area contributed by atoms with E-state index in [1.54, 1.807) is 12.1 Å². The highest BCUT2D eigenvalue weighted by molar-refractivity contribution is 7.88. The van der Waals surface area contributed by atoms with Crippen LogP contribution in [0.15, 0.2) is 48.5 Å². The van der Waals surface area contributed by atoms with Gasteiger partial charge in [0.2, 0.25) is 10.0 Å². The lowest BCUT2D eigenvalue weighted by Gasteiger charge is -2.24. The van der Waals surface area contributed by atoms with Crippen LogP contribution in [0.3, 0.4) is 0 Å². The maximum Gasteiger partial charge on any atom is 0.211 e. The van der Waals surface area contributed by atoms with Gasteiger partial charge < -0.3 is 5.11 Å². The lowest BCUT2D eigenvalue weighted by Crippen LogP contribution is -2.33. The summed E-state index contributed by atoms with van der Waals surface area (Å²) in [7, 11) is -3.15. The van der Waals surface area contributed by atoms with Crippen LogP contribution in [0.4, 0.5) is 0 Å². The number of phenols is 1. The molecule has 2 N–H and O–H groups in total. The molecule has 4 rings (SSSR count). The molecule has 0 saturated carbocycles. The van der Waals surface area contributed by atoms with Gasteiger partial charge in [-0.15, -0.1) is 0 Å². The second kappa shape index (κ2) is 6.26. The van der Waals surface area contributed by atoms with E-state index in [-0.39, 0.29) is 5.75 Å². The fourth-order valence-corrected chi connectivity index (χ4v) is 4.08. The highest BCUT2D eigenvalue weighted by Crippen LogP contribution is 2.34. The zero-order valence-corrected chi connectivity index (χ0v) is 15.1. The summed E-state index contributed by atoms with van der Waals surface area (Å²) in [5.74, 6) is 0.195. The topological polar surface area (TPSA) is 86.3 Å². The fraction of sp³-hybridized carbons (Fsp3) is 0.211. The Labute approximate surface area is 151 Å². The molecular formula is C19H19N3O3S. The molecule has 2 aromatic carbocycles. The van der Waals surface area contributed by atoms with E-state index in [1.165, 1.54) is 10.6 Å². The van der Waals surface area contributed by atoms with Crippen LogP contribution in [-0.2, 0) is 10.0 Å². The zero-order chi connectivity index (χ0) is 18.3. The van der Waals surface area contributed by atoms with Crippen LogP contribution in [-0.4, -0.2) is 47.4 Å². The van der Waals surface area contributed by atoms with E-state index in [0.29, 0.717) is 30.8 Å². The molecule has 1 aromatic heterocycles. The summed E-state index contributed by atoms with van der Waals surface area (Å²) in [4.78, 5) is 0. The molecule has 0 bridgehead atoms. The second-order valence-electron chi connectivity index (χ2n) is 6.45. The molecule has 26 heavy (non-hydrogen) atoms. The Morgan fingerprint density at radius 2 is 2.00 bits per heavy atom. The number of nitrogens with one attached hydrogen (secondary N) is 1. The molecule has 3 aromatic rings. The van der Waals surface area contributed by atoms with Crippen molar-refractivity contribution in [2.45, 2.75) is 6.42 Å². The van der Waals surface area contributed by atoms with E-state index in [0.717, 1.165) is 22.0 Å². The number of sulfonamides is 1. The highest BCUT2D eigenvalue weighted by Gasteiger charge is 2.20. The summed E-state index contributed by atoms with van der Waals surface area (Å²) in [5, 5.41) is 18.4. The molecular weight excluding hydrogens is 350 g/mol. The third kappa shape index (κ3) is 3.00. The number of aromatic hydroxyl groups is 1. The maximum absolute atomic E-state index is 11.6. The predicted octanol–water partition coefficient (Wildman–Crippen LogP) is 2.98. The fourth-order valence-electron chi connectivity index (χ4n) is 3.31. The van der Waals surface area contributed by atoms with Gasteiger partial charge in [0.05, 0.1) is 11.8 Å². The first kappa shape index (κ1) is 16.8. The summed E-state index contributed by atoms with van der Waals surface area (Å²) >= 11 is 0. The molecule has 0 amide bonds. The van der Waals surface area contributed by atoms with Crippen molar-refractivity contribution in [1.29, 1.82) is 0 Å². The van der Waals surface area contributed by atoms with Gasteiger partial charge in [-0.05, 0) is 41.8 Å². The molecule has 0 unspecified atom stereocenters. The molecule has 7 heteroatoms. The molecule has 2 heterocycles. The predicted molar refractivity (Wildman–Crippen MR) is 102 cm³/mol. The van der Waals surface area contributed by atoms with Crippen LogP contribution in [0.25, 0.3) is 27.7 Å². The third-order valence-corrected chi connectivity index (χ3v) is 6.00. The number of hydrogen-bond donors (Lipinski definition) is 2. The van der Waals surface area contributed by atoms with Crippen LogP contribution in [0, 0.1) is 0 Å². The van der Waals surface area contributed by atoms with E-state index >= 15 is 0 Å². The first-order chi connectivity index (χ1) is 12.4. The number of hydrogen-bond acceptors (Lipinski definition) is 4. The van der Waals surface area contributed by atoms with Gasteiger partial charge in [0.1, 0.15) is 11.4 Å². The van der Waals surface area contributed by atoms with Gasteiger partial charge in [-0.25, -0.2) is 8.42 Å². The van der Waals surface area contributed by atoms with Gasteiger partial charge in [-0.2, -0.15) is 9.40 Å². The number of fused-ring (bicyclic) bond motifs is 1. The zero-order valence-electron chi connectivity index (χ0n) is 14.3. The van der Waals surface area contributed by atoms with E-state index in [2.05, 4.69) is 10.2 Å². The van der Waals surface area contributed by atoms with Crippen molar-refractivity contribution in [3.8, 4) is 17.0 Å². The van der Waals surface area contributed by atoms with Crippen molar-refractivity contribution in [2.75, 3.05) is 19.3 Å². The van der Waals surface area contributed by atoms with E-state index in [9.17, 15) is 13.5 Å². The molecule has 0 fully saturated rings. The summed E-state index contributed by atoms with van der Waals surface area (Å²) in [6.45, 7) is 0.896. The van der Waals surface area contributed by atoms with Gasteiger partial charge in [-0.3, -0.25) is 5.10 Å². The van der Waals surface area contributed by atoms with Crippen LogP contribution >= 0.6 is 0 Å². The minimum Gasteiger partial charge on any atom is -0.507 e. The molecule has 6 nitrogen and oxygen atoms in total. The van der Waals surface area contributed by atoms with Crippen molar-refractivity contribution < 1.29 is 13.5 Å². The first-order valence-electron chi connectivity index (χ1n) is 8.34. The Morgan fingerprint density at radius 3 is 2.69 bits per heavy atom. The van der Waals surface area contributed by atoms with Crippen LogP contribution in [0.2, 0.25) is 0 Å². The smallest absolute Gasteiger partial charge is 0.211 e. The lowest BCUT2D eigenvalue weighted by atomic mass is 9.98. The van der Waals surface area contributed by atoms with Gasteiger partial charge in [0.15, 0.2) is 0 Å². The first-order valence-corrected chi connectivity index (χ1v) is 10.2. The van der Waals surface area contributed by atoms with E-state index in [4.69, 9.17) is 0 Å². The molecule has 1 aliphatic heterocycles. The van der Waals surface area contributed by atoms with Gasteiger partial charge in [-0.1, -0.05) is 24.3 Å². The van der Waals surface area contributed by atoms with Crippen molar-refractivity contribution in [3.63, 3.8) is 0 Å². The largest absolute Gasteiger partial charge is 0.507 e. The molecule has 0 aliphatic carbocycles. The number of aromatic nitrogens is 2. The van der Waals surface area contributed by atoms with Crippen molar-refractivity contribution >= 4 is 26.5 Å². The minimum atomic E-state index is -3.15. The van der Waals surface area contributed by atoms with E-state index < -0.39 is 10.0 Å². The Hall–Kier alpha value is -2.64. The summed E-state index contributed by atoms with van der Waals surface area (Å²) in [5.41, 5.74) is 4.47. The summed E-state index contributed by atoms with van der Waals surface area (Å²) < 4.78 is 24.7. The summed E-state index contributed by atoms with van der Waals surface area (Å²) in [6, 6.07) is 13.1. The average molecular weight is 369 g/mol. The number of rotatable bonds is 3. The quantitative estimate of drug-likeness (QED) is 0.743. The van der Waals surface area contributed by atoms with Gasteiger partial charge >= 0.3 is 0 Å². The standard InChI is InChI=1S/C19H19N3O3S/c1-26(24,25)22-10-8-13(9-11-22)14-6-7-15-17(12-14)20-21-19(15)16-4-2-3-5-18(16)23/h2-8,12,23H,9-11H2,1H3,(H,20,21). The molecule has 1 aliphatic rings. The number of nitrogens with zero attached hydrogens (tertiary/aromatic N) is 2. The number of phenolic OH excluding ortho intramolecular Hbond substituents is 1. The lowest BCUT2D eigenvalue weighted by molar-refractivity contribution is 0.446. The third-order valence-electron chi connectivity index (χ3n) is 4.73. The number of benzene rings is 2. The number of aromatic amines is 1. The normalized spacial score (nSPS) is 16.0. The molecule has 134 valence electrons. The van der Waals surface area contributed by atoms with E-state index in [1.807, 2.05) is 36.4 Å². The molecule has 0 radical (unpaired) electrons. The Balaban J connectivity index is 1.68. The van der Waals surface area contributed by atoms with Crippen molar-refractivity contribution in [2.24, 2.45) is 0 Å². The van der Waals surface area contributed by atoms with Crippen molar-refractivity contribution in [1.82, 2.24) is 14.5 Å². The summed E-state index contributed by atoms with van der Waals surface area (Å²) in [6.07, 6.45) is 3.88. The Kier molecular flexibility index (Phi) is 4.05. The number of para-hydroxylation sites is 1. The van der Waals surface area contributed by atoms with Crippen LogP contribution in [0.1, 0.15) is 12.0 Å². The molecule has 0 spiro atoms. The van der Waals surface area contributed by atoms with Crippen LogP contribution in [0.5, 0.6) is 5.75 Å². The molecule has 0 saturated heterocycles. The SMILES string of the molecule is CS(=O)(=O)N1CC=C(c2ccc3c(-c4ccccc4O)n[nH]c3c2)CC1. The molecule has 0 atom stereocenters. The second-order valence-corrected chi connectivity index (χ2v) is 8.43.